The third-order valence-electron chi connectivity index (χ3n) is 1.71. The maximum atomic E-state index is 10.7. The number of hydrogen-bond donors (Lipinski definition) is 2. The molecule has 0 aliphatic carbocycles. The molecule has 0 radical (unpaired) electrons. The van der Waals surface area contributed by atoms with Gasteiger partial charge in [-0.05, 0) is 6.92 Å². The van der Waals surface area contributed by atoms with E-state index in [4.69, 9.17) is 17.3 Å². The van der Waals surface area contributed by atoms with Gasteiger partial charge in [-0.15, -0.1) is 0 Å². The quantitative estimate of drug-likeness (QED) is 0.680. The number of rotatable bonds is 1. The molecule has 2 aromatic heterocycles. The minimum atomic E-state index is -1.09. The highest BCUT2D eigenvalue weighted by molar-refractivity contribution is 7.71. The van der Waals surface area contributed by atoms with Crippen molar-refractivity contribution in [2.24, 2.45) is 0 Å². The number of aryl methyl sites for hydroxylation is 1. The molecule has 0 fully saturated rings. The molecule has 6 nitrogen and oxygen atoms in total. The second-order valence-electron chi connectivity index (χ2n) is 2.73. The van der Waals surface area contributed by atoms with Crippen molar-refractivity contribution in [3.8, 4) is 0 Å². The summed E-state index contributed by atoms with van der Waals surface area (Å²) >= 11 is 4.95. The van der Waals surface area contributed by atoms with Crippen LogP contribution < -0.4 is 0 Å². The van der Waals surface area contributed by atoms with E-state index in [-0.39, 0.29) is 10.2 Å². The molecule has 0 aliphatic rings. The molecule has 0 saturated carbocycles. The average molecular weight is 210 g/mol. The van der Waals surface area contributed by atoms with Gasteiger partial charge in [0.1, 0.15) is 16.0 Å². The zero-order chi connectivity index (χ0) is 10.3. The van der Waals surface area contributed by atoms with E-state index in [2.05, 4.69) is 15.1 Å². The van der Waals surface area contributed by atoms with E-state index in [1.165, 1.54) is 10.7 Å². The molecule has 7 heteroatoms. The fourth-order valence-corrected chi connectivity index (χ4v) is 1.38. The van der Waals surface area contributed by atoms with Crippen molar-refractivity contribution in [1.82, 2.24) is 19.6 Å². The number of carboxylic acids is 1. The van der Waals surface area contributed by atoms with Crippen LogP contribution in [0.25, 0.3) is 5.78 Å². The normalized spacial score (nSPS) is 10.6. The monoisotopic (exact) mass is 210 g/mol. The van der Waals surface area contributed by atoms with E-state index in [0.717, 1.165) is 0 Å². The molecule has 2 rings (SSSR count). The zero-order valence-electron chi connectivity index (χ0n) is 7.18. The summed E-state index contributed by atoms with van der Waals surface area (Å²) in [5, 5.41) is 11.6. The Kier molecular flexibility index (Phi) is 1.81. The summed E-state index contributed by atoms with van der Waals surface area (Å²) in [7, 11) is 0. The topological polar surface area (TPSA) is 83.3 Å². The lowest BCUT2D eigenvalue weighted by atomic mass is 10.3. The number of nitrogens with one attached hydrogen (secondary N) is 1. The highest BCUT2D eigenvalue weighted by Crippen LogP contribution is 2.04. The van der Waals surface area contributed by atoms with Crippen LogP contribution in [0.4, 0.5) is 0 Å². The first-order valence-electron chi connectivity index (χ1n) is 3.77. The first kappa shape index (κ1) is 8.82. The lowest BCUT2D eigenvalue weighted by Crippen LogP contribution is -2.04. The largest absolute Gasteiger partial charge is 0.478 e. The Balaban J connectivity index is 2.88. The molecule has 0 aliphatic heterocycles. The van der Waals surface area contributed by atoms with E-state index in [1.54, 1.807) is 6.92 Å². The molecule has 2 heterocycles. The van der Waals surface area contributed by atoms with Gasteiger partial charge in [0.05, 0.1) is 0 Å². The Morgan fingerprint density at radius 3 is 3.07 bits per heavy atom. The highest BCUT2D eigenvalue weighted by atomic mass is 32.1. The van der Waals surface area contributed by atoms with Crippen molar-refractivity contribution in [2.45, 2.75) is 6.92 Å². The fraction of sp³-hybridized carbons (Fsp3) is 0.143. The average Bonchev–Trinajstić information content (AvgIpc) is 2.46. The van der Waals surface area contributed by atoms with Crippen molar-refractivity contribution >= 4 is 24.0 Å². The summed E-state index contributed by atoms with van der Waals surface area (Å²) in [6.45, 7) is 1.74. The Hall–Kier alpha value is -1.76. The van der Waals surface area contributed by atoms with Crippen LogP contribution in [0.5, 0.6) is 0 Å². The van der Waals surface area contributed by atoms with Crippen LogP contribution in [0.2, 0.25) is 0 Å². The molecule has 0 saturated heterocycles. The molecule has 0 atom stereocenters. The molecular formula is C7H6N4O2S. The van der Waals surface area contributed by atoms with Crippen LogP contribution in [0, 0.1) is 11.6 Å². The number of carbonyl (C=O) groups is 1. The van der Waals surface area contributed by atoms with E-state index < -0.39 is 5.97 Å². The number of fused-ring (bicyclic) bond motifs is 1. The number of aromatic carboxylic acids is 1. The standard InChI is InChI=1S/C7H6N4O2S/c1-3-9-7-8-2-4(6(12)13)5(14)11(7)10-3/h2H,1H3,(H,12,13)(H,8,9,10). The second-order valence-corrected chi connectivity index (χ2v) is 3.11. The van der Waals surface area contributed by atoms with Crippen LogP contribution in [-0.2, 0) is 0 Å². The maximum Gasteiger partial charge on any atom is 0.340 e. The highest BCUT2D eigenvalue weighted by Gasteiger charge is 2.10. The van der Waals surface area contributed by atoms with Crippen molar-refractivity contribution in [2.75, 3.05) is 0 Å². The van der Waals surface area contributed by atoms with Gasteiger partial charge in [0, 0.05) is 6.20 Å². The van der Waals surface area contributed by atoms with E-state index in [1.807, 2.05) is 0 Å². The molecule has 2 N–H and O–H groups in total. The number of nitrogens with zero attached hydrogens (tertiary/aromatic N) is 3. The lowest BCUT2D eigenvalue weighted by molar-refractivity contribution is 0.0695. The lowest BCUT2D eigenvalue weighted by Gasteiger charge is -1.95. The first-order chi connectivity index (χ1) is 6.59. The van der Waals surface area contributed by atoms with Gasteiger partial charge in [0.2, 0.25) is 0 Å². The third kappa shape index (κ3) is 1.18. The molecule has 14 heavy (non-hydrogen) atoms. The summed E-state index contributed by atoms with van der Waals surface area (Å²) in [6, 6.07) is 0. The van der Waals surface area contributed by atoms with Gasteiger partial charge in [-0.3, -0.25) is 5.10 Å². The van der Waals surface area contributed by atoms with E-state index in [9.17, 15) is 4.79 Å². The molecule has 0 amide bonds. The maximum absolute atomic E-state index is 10.7. The zero-order valence-corrected chi connectivity index (χ0v) is 8.00. The minimum absolute atomic E-state index is 0.0128. The van der Waals surface area contributed by atoms with Gasteiger partial charge >= 0.3 is 5.97 Å². The SMILES string of the molecule is Cc1nc2ncc(C(=O)O)c(=S)n2[nH]1. The van der Waals surface area contributed by atoms with Crippen LogP contribution in [0.1, 0.15) is 16.2 Å². The van der Waals surface area contributed by atoms with E-state index >= 15 is 0 Å². The predicted octanol–water partition coefficient (Wildman–Crippen LogP) is 0.794. The summed E-state index contributed by atoms with van der Waals surface area (Å²) in [5.74, 6) is -0.0900. The van der Waals surface area contributed by atoms with Gasteiger partial charge in [0.15, 0.2) is 0 Å². The summed E-state index contributed by atoms with van der Waals surface area (Å²) in [5.41, 5.74) is -0.0128. The molecule has 72 valence electrons. The second kappa shape index (κ2) is 2.88. The molecule has 0 bridgehead atoms. The van der Waals surface area contributed by atoms with Gasteiger partial charge in [-0.2, -0.15) is 4.98 Å². The number of carboxylic acid groups (broad SMARTS) is 1. The smallest absolute Gasteiger partial charge is 0.340 e. The predicted molar refractivity (Wildman–Crippen MR) is 49.9 cm³/mol. The Bertz CT molecular complexity index is 571. The molecular weight excluding hydrogens is 204 g/mol. The first-order valence-corrected chi connectivity index (χ1v) is 4.18. The molecule has 0 spiro atoms. The van der Waals surface area contributed by atoms with E-state index in [0.29, 0.717) is 11.6 Å². The van der Waals surface area contributed by atoms with Crippen molar-refractivity contribution in [3.05, 3.63) is 22.2 Å². The number of H-pyrrole nitrogens is 1. The van der Waals surface area contributed by atoms with Gasteiger partial charge < -0.3 is 5.11 Å². The summed E-state index contributed by atoms with van der Waals surface area (Å²) in [6.07, 6.45) is 1.21. The van der Waals surface area contributed by atoms with Gasteiger partial charge in [0.25, 0.3) is 5.78 Å². The molecule has 0 unspecified atom stereocenters. The Labute approximate surface area is 83.2 Å². The Morgan fingerprint density at radius 1 is 1.71 bits per heavy atom. The van der Waals surface area contributed by atoms with Gasteiger partial charge in [-0.1, -0.05) is 12.2 Å². The number of aromatic nitrogens is 4. The summed E-state index contributed by atoms with van der Waals surface area (Å²) < 4.78 is 1.54. The van der Waals surface area contributed by atoms with Crippen LogP contribution in [0.3, 0.4) is 0 Å². The van der Waals surface area contributed by atoms with Crippen LogP contribution in [-0.4, -0.2) is 30.7 Å². The number of aromatic amines is 1. The third-order valence-corrected chi connectivity index (χ3v) is 2.12. The fourth-order valence-electron chi connectivity index (χ4n) is 1.11. The Morgan fingerprint density at radius 2 is 2.43 bits per heavy atom. The van der Waals surface area contributed by atoms with Crippen molar-refractivity contribution in [3.63, 3.8) is 0 Å². The number of hydrogen-bond acceptors (Lipinski definition) is 4. The van der Waals surface area contributed by atoms with Crippen LogP contribution >= 0.6 is 12.2 Å². The summed E-state index contributed by atoms with van der Waals surface area (Å²) in [4.78, 5) is 18.6. The molecule has 2 aromatic rings. The van der Waals surface area contributed by atoms with Crippen molar-refractivity contribution in [1.29, 1.82) is 0 Å². The van der Waals surface area contributed by atoms with Crippen LogP contribution in [0.15, 0.2) is 6.20 Å². The van der Waals surface area contributed by atoms with Crippen molar-refractivity contribution < 1.29 is 9.90 Å². The van der Waals surface area contributed by atoms with Gasteiger partial charge in [-0.25, -0.2) is 14.3 Å². The molecule has 0 aromatic carbocycles. The minimum Gasteiger partial charge on any atom is -0.478 e.